The first-order valence-corrected chi connectivity index (χ1v) is 6.43. The molecule has 1 aliphatic rings. The van der Waals surface area contributed by atoms with Crippen LogP contribution in [0.4, 0.5) is 0 Å². The Morgan fingerprint density at radius 2 is 2.18 bits per heavy atom. The van der Waals surface area contributed by atoms with E-state index in [2.05, 4.69) is 18.7 Å². The number of carbonyl (C=O) groups is 1. The topological polar surface area (TPSA) is 58.8 Å². The summed E-state index contributed by atoms with van der Waals surface area (Å²) in [6, 6.07) is 0.490. The number of likely N-dealkylation sites (N-methyl/N-ethyl adjacent to an activating group) is 1. The molecule has 1 aliphatic heterocycles. The Morgan fingerprint density at radius 1 is 1.53 bits per heavy atom. The van der Waals surface area contributed by atoms with Crippen molar-refractivity contribution in [2.45, 2.75) is 32.4 Å². The summed E-state index contributed by atoms with van der Waals surface area (Å²) in [6.07, 6.45) is 0.569. The standard InChI is InChI=1S/C12H25N3O2/c1-4-14(5-2)10-6-7-15(9-10)12(16)11(8-13)17-3/h10-11H,4-9,13H2,1-3H3. The van der Waals surface area contributed by atoms with Crippen LogP contribution in [0.15, 0.2) is 0 Å². The maximum Gasteiger partial charge on any atom is 0.253 e. The van der Waals surface area contributed by atoms with E-state index < -0.39 is 6.10 Å². The van der Waals surface area contributed by atoms with Gasteiger partial charge in [-0.25, -0.2) is 0 Å². The summed E-state index contributed by atoms with van der Waals surface area (Å²) in [6.45, 7) is 8.27. The van der Waals surface area contributed by atoms with E-state index in [0.717, 1.165) is 32.6 Å². The zero-order valence-electron chi connectivity index (χ0n) is 11.2. The van der Waals surface area contributed by atoms with E-state index in [9.17, 15) is 4.79 Å². The van der Waals surface area contributed by atoms with E-state index in [0.29, 0.717) is 6.04 Å². The first-order chi connectivity index (χ1) is 8.17. The van der Waals surface area contributed by atoms with Crippen LogP contribution < -0.4 is 5.73 Å². The third kappa shape index (κ3) is 3.40. The molecule has 0 aliphatic carbocycles. The van der Waals surface area contributed by atoms with Gasteiger partial charge in [0.05, 0.1) is 0 Å². The first-order valence-electron chi connectivity index (χ1n) is 6.43. The summed E-state index contributed by atoms with van der Waals surface area (Å²) in [5.74, 6) is 0.0321. The molecule has 0 spiro atoms. The van der Waals surface area contributed by atoms with E-state index in [1.807, 2.05) is 4.90 Å². The Balaban J connectivity index is 2.52. The maximum atomic E-state index is 12.1. The minimum Gasteiger partial charge on any atom is -0.370 e. The number of hydrogen-bond donors (Lipinski definition) is 1. The third-order valence-electron chi connectivity index (χ3n) is 3.58. The summed E-state index contributed by atoms with van der Waals surface area (Å²) in [5, 5.41) is 0. The highest BCUT2D eigenvalue weighted by atomic mass is 16.5. The van der Waals surface area contributed by atoms with Gasteiger partial charge in [0.15, 0.2) is 0 Å². The van der Waals surface area contributed by atoms with Crippen molar-refractivity contribution in [3.8, 4) is 0 Å². The lowest BCUT2D eigenvalue weighted by Gasteiger charge is -2.27. The minimum absolute atomic E-state index is 0.0321. The Morgan fingerprint density at radius 3 is 2.65 bits per heavy atom. The fourth-order valence-corrected chi connectivity index (χ4v) is 2.48. The molecule has 0 radical (unpaired) electrons. The Labute approximate surface area is 104 Å². The van der Waals surface area contributed by atoms with Crippen LogP contribution in [0.25, 0.3) is 0 Å². The number of hydrogen-bond acceptors (Lipinski definition) is 4. The molecule has 2 atom stereocenters. The molecule has 5 nitrogen and oxygen atoms in total. The summed E-state index contributed by atoms with van der Waals surface area (Å²) < 4.78 is 5.09. The van der Waals surface area contributed by atoms with Gasteiger partial charge in [0.2, 0.25) is 0 Å². The van der Waals surface area contributed by atoms with Crippen molar-refractivity contribution in [2.24, 2.45) is 5.73 Å². The smallest absolute Gasteiger partial charge is 0.253 e. The van der Waals surface area contributed by atoms with Crippen LogP contribution in [0.1, 0.15) is 20.3 Å². The number of likely N-dealkylation sites (tertiary alicyclic amines) is 1. The molecule has 0 bridgehead atoms. The molecule has 1 saturated heterocycles. The Kier molecular flexibility index (Phi) is 5.88. The number of nitrogens with zero attached hydrogens (tertiary/aromatic N) is 2. The van der Waals surface area contributed by atoms with Gasteiger partial charge in [0.1, 0.15) is 6.10 Å². The average Bonchev–Trinajstić information content (AvgIpc) is 2.81. The highest BCUT2D eigenvalue weighted by Gasteiger charge is 2.32. The van der Waals surface area contributed by atoms with Gasteiger partial charge in [-0.05, 0) is 19.5 Å². The molecule has 17 heavy (non-hydrogen) atoms. The van der Waals surface area contributed by atoms with E-state index in [-0.39, 0.29) is 12.5 Å². The molecular weight excluding hydrogens is 218 g/mol. The number of carbonyl (C=O) groups excluding carboxylic acids is 1. The quantitative estimate of drug-likeness (QED) is 0.708. The van der Waals surface area contributed by atoms with Crippen molar-refractivity contribution in [3.05, 3.63) is 0 Å². The normalized spacial score (nSPS) is 22.2. The second-order valence-electron chi connectivity index (χ2n) is 4.41. The molecule has 1 rings (SSSR count). The predicted molar refractivity (Wildman–Crippen MR) is 67.8 cm³/mol. The molecule has 1 heterocycles. The van der Waals surface area contributed by atoms with Gasteiger partial charge in [0, 0.05) is 32.8 Å². The average molecular weight is 243 g/mol. The van der Waals surface area contributed by atoms with E-state index in [1.165, 1.54) is 7.11 Å². The van der Waals surface area contributed by atoms with Gasteiger partial charge in [0.25, 0.3) is 5.91 Å². The van der Waals surface area contributed by atoms with E-state index in [1.54, 1.807) is 0 Å². The number of amides is 1. The lowest BCUT2D eigenvalue weighted by atomic mass is 10.2. The van der Waals surface area contributed by atoms with Crippen LogP contribution in [-0.2, 0) is 9.53 Å². The minimum atomic E-state index is -0.481. The van der Waals surface area contributed by atoms with Crippen molar-refractivity contribution >= 4 is 5.91 Å². The van der Waals surface area contributed by atoms with Gasteiger partial charge in [-0.3, -0.25) is 9.69 Å². The molecule has 2 N–H and O–H groups in total. The molecule has 0 aromatic rings. The summed E-state index contributed by atoms with van der Waals surface area (Å²) in [4.78, 5) is 16.3. The zero-order valence-corrected chi connectivity index (χ0v) is 11.2. The number of ether oxygens (including phenoxy) is 1. The van der Waals surface area contributed by atoms with Crippen molar-refractivity contribution < 1.29 is 9.53 Å². The number of rotatable bonds is 6. The highest BCUT2D eigenvalue weighted by molar-refractivity contribution is 5.81. The third-order valence-corrected chi connectivity index (χ3v) is 3.58. The molecule has 100 valence electrons. The number of methoxy groups -OCH3 is 1. The monoisotopic (exact) mass is 243 g/mol. The molecule has 5 heteroatoms. The van der Waals surface area contributed by atoms with Crippen molar-refractivity contribution in [2.75, 3.05) is 39.8 Å². The second-order valence-corrected chi connectivity index (χ2v) is 4.41. The second kappa shape index (κ2) is 6.93. The Hall–Kier alpha value is -0.650. The van der Waals surface area contributed by atoms with Gasteiger partial charge in [-0.1, -0.05) is 13.8 Å². The van der Waals surface area contributed by atoms with Gasteiger partial charge in [-0.15, -0.1) is 0 Å². The molecule has 1 amide bonds. The van der Waals surface area contributed by atoms with Crippen LogP contribution >= 0.6 is 0 Å². The van der Waals surface area contributed by atoms with Crippen molar-refractivity contribution in [1.82, 2.24) is 9.80 Å². The molecule has 0 aromatic heterocycles. The summed E-state index contributed by atoms with van der Waals surface area (Å²) >= 11 is 0. The zero-order chi connectivity index (χ0) is 12.8. The maximum absolute atomic E-state index is 12.1. The molecule has 0 aromatic carbocycles. The van der Waals surface area contributed by atoms with Gasteiger partial charge >= 0.3 is 0 Å². The van der Waals surface area contributed by atoms with E-state index >= 15 is 0 Å². The Bertz CT molecular complexity index is 240. The summed E-state index contributed by atoms with van der Waals surface area (Å²) in [5.41, 5.74) is 5.52. The molecule has 2 unspecified atom stereocenters. The lowest BCUT2D eigenvalue weighted by molar-refractivity contribution is -0.140. The van der Waals surface area contributed by atoms with E-state index in [4.69, 9.17) is 10.5 Å². The molecule has 0 saturated carbocycles. The van der Waals surface area contributed by atoms with Crippen LogP contribution in [0.2, 0.25) is 0 Å². The lowest BCUT2D eigenvalue weighted by Crippen LogP contribution is -2.44. The highest BCUT2D eigenvalue weighted by Crippen LogP contribution is 2.16. The fourth-order valence-electron chi connectivity index (χ4n) is 2.48. The molecule has 1 fully saturated rings. The first kappa shape index (κ1) is 14.4. The van der Waals surface area contributed by atoms with Gasteiger partial charge < -0.3 is 15.4 Å². The summed E-state index contributed by atoms with van der Waals surface area (Å²) in [7, 11) is 1.54. The predicted octanol–water partition coefficient (Wildman–Crippen LogP) is -0.0972. The fraction of sp³-hybridized carbons (Fsp3) is 0.917. The largest absolute Gasteiger partial charge is 0.370 e. The van der Waals surface area contributed by atoms with Crippen molar-refractivity contribution in [3.63, 3.8) is 0 Å². The van der Waals surface area contributed by atoms with Crippen LogP contribution in [0.5, 0.6) is 0 Å². The number of nitrogens with two attached hydrogens (primary N) is 1. The molecular formula is C12H25N3O2. The van der Waals surface area contributed by atoms with Gasteiger partial charge in [-0.2, -0.15) is 0 Å². The van der Waals surface area contributed by atoms with Crippen molar-refractivity contribution in [1.29, 1.82) is 0 Å². The SMILES string of the molecule is CCN(CC)C1CCN(C(=O)C(CN)OC)C1. The van der Waals surface area contributed by atoms with Crippen LogP contribution in [-0.4, -0.2) is 67.7 Å². The van der Waals surface area contributed by atoms with Crippen LogP contribution in [0, 0.1) is 0 Å². The van der Waals surface area contributed by atoms with Crippen LogP contribution in [0.3, 0.4) is 0 Å².